The molecule has 0 aliphatic carbocycles. The number of aromatic nitrogens is 1. The van der Waals surface area contributed by atoms with Crippen molar-refractivity contribution < 1.29 is 0 Å². The standard InChI is InChI=1S/C11H10Br2N2S/c1-14-5-8-6-16-11(15-8)7-2-3-9(12)10(13)4-7/h2-4,6,14H,5H2,1H3. The van der Waals surface area contributed by atoms with E-state index < -0.39 is 0 Å². The van der Waals surface area contributed by atoms with Gasteiger partial charge in [-0.25, -0.2) is 4.98 Å². The van der Waals surface area contributed by atoms with Crippen LogP contribution in [0, 0.1) is 0 Å². The van der Waals surface area contributed by atoms with Crippen molar-refractivity contribution in [3.05, 3.63) is 38.2 Å². The molecule has 0 saturated heterocycles. The van der Waals surface area contributed by atoms with Crippen molar-refractivity contribution in [3.8, 4) is 10.6 Å². The van der Waals surface area contributed by atoms with Crippen LogP contribution in [-0.4, -0.2) is 12.0 Å². The first-order valence-corrected chi connectivity index (χ1v) is 7.21. The quantitative estimate of drug-likeness (QED) is 0.891. The monoisotopic (exact) mass is 360 g/mol. The Morgan fingerprint density at radius 2 is 2.12 bits per heavy atom. The highest BCUT2D eigenvalue weighted by atomic mass is 79.9. The second-order valence-electron chi connectivity index (χ2n) is 3.30. The second kappa shape index (κ2) is 5.40. The molecule has 0 aliphatic heterocycles. The van der Waals surface area contributed by atoms with Crippen LogP contribution in [0.1, 0.15) is 5.69 Å². The first kappa shape index (κ1) is 12.2. The Morgan fingerprint density at radius 3 is 2.81 bits per heavy atom. The summed E-state index contributed by atoms with van der Waals surface area (Å²) in [6.07, 6.45) is 0. The van der Waals surface area contributed by atoms with Crippen LogP contribution in [-0.2, 0) is 6.54 Å². The molecule has 2 rings (SSSR count). The minimum absolute atomic E-state index is 0.814. The number of nitrogens with one attached hydrogen (secondary N) is 1. The SMILES string of the molecule is CNCc1csc(-c2ccc(Br)c(Br)c2)n1. The minimum atomic E-state index is 0.814. The topological polar surface area (TPSA) is 24.9 Å². The minimum Gasteiger partial charge on any atom is -0.314 e. The van der Waals surface area contributed by atoms with Crippen molar-refractivity contribution in [1.82, 2.24) is 10.3 Å². The molecule has 0 bridgehead atoms. The molecular weight excluding hydrogens is 352 g/mol. The zero-order chi connectivity index (χ0) is 11.5. The van der Waals surface area contributed by atoms with Crippen molar-refractivity contribution in [2.45, 2.75) is 6.54 Å². The lowest BCUT2D eigenvalue weighted by atomic mass is 10.2. The summed E-state index contributed by atoms with van der Waals surface area (Å²) in [5.74, 6) is 0. The van der Waals surface area contributed by atoms with Crippen LogP contribution in [0.25, 0.3) is 10.6 Å². The van der Waals surface area contributed by atoms with Crippen LogP contribution in [0.15, 0.2) is 32.5 Å². The lowest BCUT2D eigenvalue weighted by Gasteiger charge is -1.99. The number of nitrogens with zero attached hydrogens (tertiary/aromatic N) is 1. The third-order valence-corrected chi connectivity index (χ3v) is 4.90. The smallest absolute Gasteiger partial charge is 0.123 e. The molecule has 1 aromatic heterocycles. The highest BCUT2D eigenvalue weighted by Crippen LogP contribution is 2.30. The Hall–Kier alpha value is -0.230. The van der Waals surface area contributed by atoms with Gasteiger partial charge in [0, 0.05) is 26.4 Å². The molecule has 1 N–H and O–H groups in total. The fraction of sp³-hybridized carbons (Fsp3) is 0.182. The van der Waals surface area contributed by atoms with Crippen molar-refractivity contribution in [3.63, 3.8) is 0 Å². The molecule has 1 heterocycles. The van der Waals surface area contributed by atoms with E-state index in [1.54, 1.807) is 11.3 Å². The molecule has 1 aromatic carbocycles. The van der Waals surface area contributed by atoms with Gasteiger partial charge in [0.15, 0.2) is 0 Å². The van der Waals surface area contributed by atoms with Crippen LogP contribution in [0.3, 0.4) is 0 Å². The molecule has 0 amide bonds. The summed E-state index contributed by atoms with van der Waals surface area (Å²) in [5, 5.41) is 6.24. The maximum atomic E-state index is 4.56. The Balaban J connectivity index is 2.31. The highest BCUT2D eigenvalue weighted by Gasteiger charge is 2.06. The Bertz CT molecular complexity index is 496. The third-order valence-electron chi connectivity index (χ3n) is 2.08. The number of benzene rings is 1. The van der Waals surface area contributed by atoms with Crippen LogP contribution in [0.5, 0.6) is 0 Å². The van der Waals surface area contributed by atoms with E-state index in [2.05, 4.69) is 59.7 Å². The fourth-order valence-electron chi connectivity index (χ4n) is 1.33. The molecule has 0 radical (unpaired) electrons. The summed E-state index contributed by atoms with van der Waals surface area (Å²) in [6.45, 7) is 0.814. The molecule has 0 saturated carbocycles. The van der Waals surface area contributed by atoms with Gasteiger partial charge in [-0.05, 0) is 51.0 Å². The Kier molecular flexibility index (Phi) is 4.13. The zero-order valence-corrected chi connectivity index (χ0v) is 12.6. The first-order valence-electron chi connectivity index (χ1n) is 4.75. The molecular formula is C11H10Br2N2S. The van der Waals surface area contributed by atoms with E-state index in [0.29, 0.717) is 0 Å². The van der Waals surface area contributed by atoms with E-state index in [0.717, 1.165) is 31.8 Å². The van der Waals surface area contributed by atoms with E-state index in [1.165, 1.54) is 0 Å². The van der Waals surface area contributed by atoms with E-state index in [1.807, 2.05) is 13.1 Å². The van der Waals surface area contributed by atoms with Crippen LogP contribution in [0.2, 0.25) is 0 Å². The van der Waals surface area contributed by atoms with Gasteiger partial charge in [-0.2, -0.15) is 0 Å². The summed E-state index contributed by atoms with van der Waals surface area (Å²) in [6, 6.07) is 6.17. The maximum absolute atomic E-state index is 4.56. The lowest BCUT2D eigenvalue weighted by Crippen LogP contribution is -2.04. The van der Waals surface area contributed by atoms with Gasteiger partial charge >= 0.3 is 0 Å². The maximum Gasteiger partial charge on any atom is 0.123 e. The van der Waals surface area contributed by atoms with Gasteiger partial charge < -0.3 is 5.32 Å². The van der Waals surface area contributed by atoms with Gasteiger partial charge in [-0.1, -0.05) is 6.07 Å². The summed E-state index contributed by atoms with van der Waals surface area (Å²) in [5.41, 5.74) is 2.23. The molecule has 0 fully saturated rings. The van der Waals surface area contributed by atoms with E-state index in [4.69, 9.17) is 0 Å². The largest absolute Gasteiger partial charge is 0.314 e. The number of rotatable bonds is 3. The highest BCUT2D eigenvalue weighted by molar-refractivity contribution is 9.13. The van der Waals surface area contributed by atoms with E-state index in [9.17, 15) is 0 Å². The Labute approximate surface area is 115 Å². The Morgan fingerprint density at radius 1 is 1.31 bits per heavy atom. The molecule has 0 atom stereocenters. The second-order valence-corrected chi connectivity index (χ2v) is 5.87. The molecule has 2 nitrogen and oxygen atoms in total. The van der Waals surface area contributed by atoms with Gasteiger partial charge in [-0.3, -0.25) is 0 Å². The molecule has 0 spiro atoms. The predicted molar refractivity (Wildman–Crippen MR) is 75.7 cm³/mol. The van der Waals surface area contributed by atoms with Gasteiger partial charge in [0.1, 0.15) is 5.01 Å². The van der Waals surface area contributed by atoms with Gasteiger partial charge in [0.2, 0.25) is 0 Å². The summed E-state index contributed by atoms with van der Waals surface area (Å²) in [4.78, 5) is 4.56. The van der Waals surface area contributed by atoms with Crippen molar-refractivity contribution in [2.24, 2.45) is 0 Å². The summed E-state index contributed by atoms with van der Waals surface area (Å²) >= 11 is 8.63. The van der Waals surface area contributed by atoms with Gasteiger partial charge in [0.25, 0.3) is 0 Å². The van der Waals surface area contributed by atoms with Crippen LogP contribution >= 0.6 is 43.2 Å². The predicted octanol–water partition coefficient (Wildman–Crippen LogP) is 4.05. The molecule has 5 heteroatoms. The van der Waals surface area contributed by atoms with E-state index in [-0.39, 0.29) is 0 Å². The molecule has 84 valence electrons. The molecule has 0 unspecified atom stereocenters. The summed E-state index contributed by atoms with van der Waals surface area (Å²) in [7, 11) is 1.93. The number of hydrogen-bond donors (Lipinski definition) is 1. The van der Waals surface area contributed by atoms with Gasteiger partial charge in [0.05, 0.1) is 5.69 Å². The summed E-state index contributed by atoms with van der Waals surface area (Å²) < 4.78 is 2.11. The molecule has 0 aliphatic rings. The zero-order valence-electron chi connectivity index (χ0n) is 8.63. The van der Waals surface area contributed by atoms with Crippen molar-refractivity contribution in [2.75, 3.05) is 7.05 Å². The first-order chi connectivity index (χ1) is 7.70. The van der Waals surface area contributed by atoms with E-state index >= 15 is 0 Å². The average molecular weight is 362 g/mol. The normalized spacial score (nSPS) is 10.7. The number of thiazole rings is 1. The fourth-order valence-corrected chi connectivity index (χ4v) is 2.77. The van der Waals surface area contributed by atoms with Crippen molar-refractivity contribution >= 4 is 43.2 Å². The molecule has 2 aromatic rings. The number of hydrogen-bond acceptors (Lipinski definition) is 3. The van der Waals surface area contributed by atoms with Crippen molar-refractivity contribution in [1.29, 1.82) is 0 Å². The third kappa shape index (κ3) is 2.71. The van der Waals surface area contributed by atoms with Crippen LogP contribution < -0.4 is 5.32 Å². The molecule has 16 heavy (non-hydrogen) atoms. The van der Waals surface area contributed by atoms with Gasteiger partial charge in [-0.15, -0.1) is 11.3 Å². The van der Waals surface area contributed by atoms with Crippen LogP contribution in [0.4, 0.5) is 0 Å². The number of halogens is 2. The lowest BCUT2D eigenvalue weighted by molar-refractivity contribution is 0.798. The average Bonchev–Trinajstić information content (AvgIpc) is 2.71.